The summed E-state index contributed by atoms with van der Waals surface area (Å²) in [6.07, 6.45) is 16.1. The molecule has 0 aromatic rings. The second-order valence-corrected chi connectivity index (χ2v) is 7.08. The molecule has 2 nitrogen and oxygen atoms in total. The van der Waals surface area contributed by atoms with Crippen molar-refractivity contribution in [3.8, 4) is 0 Å². The Morgan fingerprint density at radius 2 is 1.68 bits per heavy atom. The second kappa shape index (κ2) is 7.08. The van der Waals surface area contributed by atoms with Gasteiger partial charge in [-0.15, -0.1) is 0 Å². The molecule has 2 heteroatoms. The van der Waals surface area contributed by atoms with Crippen molar-refractivity contribution in [3.63, 3.8) is 0 Å². The average Bonchev–Trinajstić information content (AvgIpc) is 3.18. The Balaban J connectivity index is 1.21. The minimum atomic E-state index is 0.896. The summed E-state index contributed by atoms with van der Waals surface area (Å²) in [6, 6.07) is 1.87. The van der Waals surface area contributed by atoms with E-state index in [2.05, 4.69) is 10.2 Å². The van der Waals surface area contributed by atoms with Gasteiger partial charge >= 0.3 is 0 Å². The summed E-state index contributed by atoms with van der Waals surface area (Å²) in [6.45, 7) is 4.05. The molecule has 1 aliphatic heterocycles. The van der Waals surface area contributed by atoms with Gasteiger partial charge in [-0.2, -0.15) is 0 Å². The normalized spacial score (nSPS) is 31.6. The molecule has 0 spiro atoms. The Labute approximate surface area is 119 Å². The lowest BCUT2D eigenvalue weighted by molar-refractivity contribution is 0.179. The van der Waals surface area contributed by atoms with Crippen LogP contribution in [0.2, 0.25) is 0 Å². The smallest absolute Gasteiger partial charge is 0.0124 e. The maximum absolute atomic E-state index is 3.62. The van der Waals surface area contributed by atoms with Crippen LogP contribution in [0, 0.1) is 5.92 Å². The van der Waals surface area contributed by atoms with Crippen molar-refractivity contribution in [2.45, 2.75) is 82.7 Å². The Morgan fingerprint density at radius 3 is 2.58 bits per heavy atom. The first-order valence-electron chi connectivity index (χ1n) is 8.91. The van der Waals surface area contributed by atoms with Crippen LogP contribution in [-0.2, 0) is 0 Å². The van der Waals surface area contributed by atoms with E-state index in [0.29, 0.717) is 0 Å². The van der Waals surface area contributed by atoms with Crippen LogP contribution in [-0.4, -0.2) is 36.6 Å². The van der Waals surface area contributed by atoms with Gasteiger partial charge in [0.2, 0.25) is 0 Å². The lowest BCUT2D eigenvalue weighted by Gasteiger charge is -2.31. The van der Waals surface area contributed by atoms with E-state index in [0.717, 1.165) is 18.0 Å². The highest BCUT2D eigenvalue weighted by Gasteiger charge is 2.34. The molecule has 1 N–H and O–H groups in total. The van der Waals surface area contributed by atoms with E-state index in [4.69, 9.17) is 0 Å². The minimum Gasteiger partial charge on any atom is -0.314 e. The molecule has 1 saturated heterocycles. The van der Waals surface area contributed by atoms with E-state index in [1.165, 1.54) is 90.3 Å². The van der Waals surface area contributed by atoms with E-state index in [9.17, 15) is 0 Å². The molecular weight excluding hydrogens is 232 g/mol. The van der Waals surface area contributed by atoms with Crippen molar-refractivity contribution in [1.29, 1.82) is 0 Å². The van der Waals surface area contributed by atoms with Gasteiger partial charge in [0.25, 0.3) is 0 Å². The molecule has 110 valence electrons. The van der Waals surface area contributed by atoms with Crippen LogP contribution in [0.15, 0.2) is 0 Å². The van der Waals surface area contributed by atoms with Gasteiger partial charge in [0.05, 0.1) is 0 Å². The molecule has 3 aliphatic rings. The van der Waals surface area contributed by atoms with Gasteiger partial charge in [-0.1, -0.05) is 25.7 Å². The van der Waals surface area contributed by atoms with Crippen LogP contribution in [0.4, 0.5) is 0 Å². The Kier molecular flexibility index (Phi) is 5.17. The second-order valence-electron chi connectivity index (χ2n) is 7.08. The zero-order chi connectivity index (χ0) is 12.9. The van der Waals surface area contributed by atoms with Crippen LogP contribution < -0.4 is 5.32 Å². The summed E-state index contributed by atoms with van der Waals surface area (Å²) in [5.74, 6) is 1.07. The number of hydrogen-bond donors (Lipinski definition) is 1. The van der Waals surface area contributed by atoms with Crippen LogP contribution >= 0.6 is 0 Å². The molecule has 3 rings (SSSR count). The van der Waals surface area contributed by atoms with E-state index < -0.39 is 0 Å². The van der Waals surface area contributed by atoms with E-state index in [1.807, 2.05) is 0 Å². The van der Waals surface area contributed by atoms with Gasteiger partial charge in [-0.3, -0.25) is 0 Å². The highest BCUT2D eigenvalue weighted by Crippen LogP contribution is 2.36. The molecule has 2 aliphatic carbocycles. The van der Waals surface area contributed by atoms with Crippen LogP contribution in [0.5, 0.6) is 0 Å². The zero-order valence-electron chi connectivity index (χ0n) is 12.6. The third kappa shape index (κ3) is 4.19. The highest BCUT2D eigenvalue weighted by atomic mass is 15.2. The summed E-state index contributed by atoms with van der Waals surface area (Å²) in [5, 5.41) is 3.62. The van der Waals surface area contributed by atoms with Crippen molar-refractivity contribution in [1.82, 2.24) is 10.2 Å². The maximum atomic E-state index is 3.62. The Morgan fingerprint density at radius 1 is 0.842 bits per heavy atom. The number of hydrogen-bond acceptors (Lipinski definition) is 2. The number of nitrogens with one attached hydrogen (secondary N) is 1. The van der Waals surface area contributed by atoms with Crippen molar-refractivity contribution in [3.05, 3.63) is 0 Å². The largest absolute Gasteiger partial charge is 0.314 e. The fourth-order valence-corrected chi connectivity index (χ4v) is 4.17. The van der Waals surface area contributed by atoms with Gasteiger partial charge in [-0.05, 0) is 70.5 Å². The van der Waals surface area contributed by atoms with E-state index in [-0.39, 0.29) is 0 Å². The predicted molar refractivity (Wildman–Crippen MR) is 81.4 cm³/mol. The van der Waals surface area contributed by atoms with Crippen LogP contribution in [0.25, 0.3) is 0 Å². The molecule has 2 saturated carbocycles. The number of fused-ring (bicyclic) bond motifs is 1. The summed E-state index contributed by atoms with van der Waals surface area (Å²) in [4.78, 5) is 2.83. The van der Waals surface area contributed by atoms with Gasteiger partial charge in [-0.25, -0.2) is 0 Å². The van der Waals surface area contributed by atoms with Crippen molar-refractivity contribution >= 4 is 0 Å². The van der Waals surface area contributed by atoms with E-state index >= 15 is 0 Å². The summed E-state index contributed by atoms with van der Waals surface area (Å²) in [5.41, 5.74) is 0. The van der Waals surface area contributed by atoms with E-state index in [1.54, 1.807) is 0 Å². The maximum Gasteiger partial charge on any atom is 0.0124 e. The first kappa shape index (κ1) is 13.9. The number of unbranched alkanes of at least 4 members (excludes halogenated alkanes) is 3. The monoisotopic (exact) mass is 264 g/mol. The first-order chi connectivity index (χ1) is 9.43. The quantitative estimate of drug-likeness (QED) is 0.674. The number of likely N-dealkylation sites (tertiary alicyclic amines) is 1. The lowest BCUT2D eigenvalue weighted by Crippen LogP contribution is -2.35. The van der Waals surface area contributed by atoms with Gasteiger partial charge in [0.1, 0.15) is 0 Å². The number of nitrogens with zero attached hydrogens (tertiary/aromatic N) is 1. The Hall–Kier alpha value is -0.0800. The topological polar surface area (TPSA) is 15.3 Å². The SMILES string of the molecule is C(CCCN1CCC2CCCCC21)CCNC1CC1. The molecule has 2 atom stereocenters. The molecule has 0 bridgehead atoms. The minimum absolute atomic E-state index is 0.896. The summed E-state index contributed by atoms with van der Waals surface area (Å²) >= 11 is 0. The van der Waals surface area contributed by atoms with Gasteiger partial charge in [0.15, 0.2) is 0 Å². The summed E-state index contributed by atoms with van der Waals surface area (Å²) < 4.78 is 0. The van der Waals surface area contributed by atoms with Crippen molar-refractivity contribution in [2.24, 2.45) is 5.92 Å². The molecule has 19 heavy (non-hydrogen) atoms. The molecule has 0 aromatic carbocycles. The Bertz CT molecular complexity index is 262. The molecule has 1 heterocycles. The number of rotatable bonds is 8. The van der Waals surface area contributed by atoms with Crippen LogP contribution in [0.1, 0.15) is 70.6 Å². The predicted octanol–water partition coefficient (Wildman–Crippen LogP) is 3.56. The highest BCUT2D eigenvalue weighted by molar-refractivity contribution is 4.89. The summed E-state index contributed by atoms with van der Waals surface area (Å²) in [7, 11) is 0. The fourth-order valence-electron chi connectivity index (χ4n) is 4.17. The third-order valence-corrected chi connectivity index (χ3v) is 5.51. The molecule has 0 amide bonds. The standard InChI is InChI=1S/C17H32N2/c1(5-12-18-16-9-10-16)2-6-13-19-14-11-15-7-3-4-8-17(15)19/h15-18H,1-14H2. The van der Waals surface area contributed by atoms with Crippen LogP contribution in [0.3, 0.4) is 0 Å². The first-order valence-corrected chi connectivity index (χ1v) is 8.91. The lowest BCUT2D eigenvalue weighted by atomic mass is 9.85. The van der Waals surface area contributed by atoms with Crippen molar-refractivity contribution in [2.75, 3.05) is 19.6 Å². The zero-order valence-corrected chi connectivity index (χ0v) is 12.6. The fraction of sp³-hybridized carbons (Fsp3) is 1.00. The molecule has 0 radical (unpaired) electrons. The molecular formula is C17H32N2. The third-order valence-electron chi connectivity index (χ3n) is 5.51. The molecule has 3 fully saturated rings. The van der Waals surface area contributed by atoms with Gasteiger partial charge < -0.3 is 10.2 Å². The molecule has 0 aromatic heterocycles. The van der Waals surface area contributed by atoms with Gasteiger partial charge in [0, 0.05) is 12.1 Å². The molecule has 2 unspecified atom stereocenters. The average molecular weight is 264 g/mol. The van der Waals surface area contributed by atoms with Crippen molar-refractivity contribution < 1.29 is 0 Å².